The topological polar surface area (TPSA) is 64.4 Å². The average molecular weight is 331 g/mol. The molecule has 1 aromatic carbocycles. The number of halogens is 2. The van der Waals surface area contributed by atoms with E-state index in [1.807, 2.05) is 0 Å². The van der Waals surface area contributed by atoms with Gasteiger partial charge in [-0.05, 0) is 37.8 Å². The average Bonchev–Trinajstić information content (AvgIpc) is 2.85. The van der Waals surface area contributed by atoms with Gasteiger partial charge in [0.15, 0.2) is 11.6 Å². The Kier molecular flexibility index (Phi) is 7.62. The van der Waals surface area contributed by atoms with Crippen molar-refractivity contribution in [2.45, 2.75) is 44.8 Å². The molecule has 3 N–H and O–H groups in total. The standard InChI is InChI=1S/C16H23FN2O2.ClH/c1-11(21-15-8-3-2-6-13(15)17)10-19-16(20)9-12-5-4-7-14(12)18;/h2-3,6,8,11-12,14H,4-5,7,9-10,18H2,1H3,(H,19,20);1H/t11?,12-,14+;/m0./s1. The summed E-state index contributed by atoms with van der Waals surface area (Å²) >= 11 is 0. The molecule has 0 radical (unpaired) electrons. The Morgan fingerprint density at radius 3 is 2.82 bits per heavy atom. The van der Waals surface area contributed by atoms with Gasteiger partial charge >= 0.3 is 0 Å². The zero-order valence-corrected chi connectivity index (χ0v) is 13.6. The molecule has 3 atom stereocenters. The fraction of sp³-hybridized carbons (Fsp3) is 0.562. The van der Waals surface area contributed by atoms with E-state index in [0.717, 1.165) is 19.3 Å². The summed E-state index contributed by atoms with van der Waals surface area (Å²) in [5.74, 6) is 0.0822. The monoisotopic (exact) mass is 330 g/mol. The predicted molar refractivity (Wildman–Crippen MR) is 86.7 cm³/mol. The molecule has 2 rings (SSSR count). The number of amides is 1. The van der Waals surface area contributed by atoms with E-state index in [9.17, 15) is 9.18 Å². The van der Waals surface area contributed by atoms with Crippen molar-refractivity contribution in [3.05, 3.63) is 30.1 Å². The van der Waals surface area contributed by atoms with Crippen LogP contribution in [0.15, 0.2) is 24.3 Å². The number of nitrogens with two attached hydrogens (primary N) is 1. The van der Waals surface area contributed by atoms with Crippen molar-refractivity contribution in [3.8, 4) is 5.75 Å². The second-order valence-corrected chi connectivity index (χ2v) is 5.72. The lowest BCUT2D eigenvalue weighted by atomic mass is 10.00. The van der Waals surface area contributed by atoms with E-state index in [1.165, 1.54) is 6.07 Å². The second-order valence-electron chi connectivity index (χ2n) is 5.72. The van der Waals surface area contributed by atoms with Crippen LogP contribution in [0.4, 0.5) is 4.39 Å². The quantitative estimate of drug-likeness (QED) is 0.842. The molecule has 1 fully saturated rings. The summed E-state index contributed by atoms with van der Waals surface area (Å²) in [6.45, 7) is 2.16. The maximum atomic E-state index is 13.4. The summed E-state index contributed by atoms with van der Waals surface area (Å²) in [4.78, 5) is 11.9. The number of para-hydroxylation sites is 1. The number of ether oxygens (including phenoxy) is 1. The molecule has 1 unspecified atom stereocenters. The highest BCUT2D eigenvalue weighted by atomic mass is 35.5. The number of carbonyl (C=O) groups excluding carboxylic acids is 1. The van der Waals surface area contributed by atoms with Gasteiger partial charge in [0.2, 0.25) is 5.91 Å². The summed E-state index contributed by atoms with van der Waals surface area (Å²) in [5, 5.41) is 2.83. The minimum Gasteiger partial charge on any atom is -0.486 e. The van der Waals surface area contributed by atoms with Gasteiger partial charge in [0, 0.05) is 12.5 Å². The van der Waals surface area contributed by atoms with Crippen LogP contribution < -0.4 is 15.8 Å². The van der Waals surface area contributed by atoms with Crippen molar-refractivity contribution < 1.29 is 13.9 Å². The van der Waals surface area contributed by atoms with Crippen LogP contribution in [0.25, 0.3) is 0 Å². The van der Waals surface area contributed by atoms with Gasteiger partial charge in [-0.2, -0.15) is 0 Å². The van der Waals surface area contributed by atoms with E-state index in [4.69, 9.17) is 10.5 Å². The largest absolute Gasteiger partial charge is 0.486 e. The molecule has 1 aromatic rings. The summed E-state index contributed by atoms with van der Waals surface area (Å²) in [6.07, 6.45) is 3.31. The highest BCUT2D eigenvalue weighted by molar-refractivity contribution is 5.85. The zero-order chi connectivity index (χ0) is 15.2. The first-order valence-electron chi connectivity index (χ1n) is 7.49. The van der Waals surface area contributed by atoms with E-state index in [0.29, 0.717) is 13.0 Å². The summed E-state index contributed by atoms with van der Waals surface area (Å²) in [5.41, 5.74) is 5.96. The Morgan fingerprint density at radius 2 is 2.18 bits per heavy atom. The first-order chi connectivity index (χ1) is 10.1. The maximum absolute atomic E-state index is 13.4. The van der Waals surface area contributed by atoms with Crippen molar-refractivity contribution in [2.24, 2.45) is 11.7 Å². The minimum atomic E-state index is -0.396. The van der Waals surface area contributed by atoms with Crippen LogP contribution >= 0.6 is 12.4 Å². The smallest absolute Gasteiger partial charge is 0.220 e. The number of hydrogen-bond donors (Lipinski definition) is 2. The number of carbonyl (C=O) groups is 1. The number of benzene rings is 1. The Balaban J connectivity index is 0.00000242. The minimum absolute atomic E-state index is 0. The van der Waals surface area contributed by atoms with E-state index in [1.54, 1.807) is 25.1 Å². The van der Waals surface area contributed by atoms with E-state index in [2.05, 4.69) is 5.32 Å². The summed E-state index contributed by atoms with van der Waals surface area (Å²) in [6, 6.07) is 6.39. The maximum Gasteiger partial charge on any atom is 0.220 e. The van der Waals surface area contributed by atoms with Crippen LogP contribution in [0.5, 0.6) is 5.75 Å². The van der Waals surface area contributed by atoms with E-state index in [-0.39, 0.29) is 42.1 Å². The predicted octanol–water partition coefficient (Wildman–Crippen LogP) is 2.65. The number of rotatable bonds is 6. The molecule has 1 saturated carbocycles. The molecule has 1 aliphatic carbocycles. The molecular formula is C16H24ClFN2O2. The van der Waals surface area contributed by atoms with Gasteiger partial charge in [-0.25, -0.2) is 4.39 Å². The van der Waals surface area contributed by atoms with Gasteiger partial charge < -0.3 is 15.8 Å². The van der Waals surface area contributed by atoms with Gasteiger partial charge in [-0.1, -0.05) is 18.6 Å². The molecule has 22 heavy (non-hydrogen) atoms. The third-order valence-corrected chi connectivity index (χ3v) is 3.92. The van der Waals surface area contributed by atoms with Crippen molar-refractivity contribution in [1.82, 2.24) is 5.32 Å². The lowest BCUT2D eigenvalue weighted by Gasteiger charge is -2.18. The van der Waals surface area contributed by atoms with Gasteiger partial charge in [-0.3, -0.25) is 4.79 Å². The Morgan fingerprint density at radius 1 is 1.45 bits per heavy atom. The molecule has 0 aromatic heterocycles. The molecule has 0 spiro atoms. The Bertz CT molecular complexity index is 487. The van der Waals surface area contributed by atoms with Crippen molar-refractivity contribution in [2.75, 3.05) is 6.54 Å². The van der Waals surface area contributed by atoms with Crippen LogP contribution in [-0.4, -0.2) is 24.6 Å². The fourth-order valence-electron chi connectivity index (χ4n) is 2.69. The SMILES string of the molecule is CC(CNC(=O)C[C@@H]1CCC[C@H]1N)Oc1ccccc1F.Cl. The molecule has 1 aliphatic rings. The molecule has 124 valence electrons. The summed E-state index contributed by atoms with van der Waals surface area (Å²) in [7, 11) is 0. The Hall–Kier alpha value is -1.33. The lowest BCUT2D eigenvalue weighted by Crippen LogP contribution is -2.36. The normalized spacial score (nSPS) is 21.8. The second kappa shape index (κ2) is 8.96. The third kappa shape index (κ3) is 5.46. The number of hydrogen-bond acceptors (Lipinski definition) is 3. The molecular weight excluding hydrogens is 307 g/mol. The van der Waals surface area contributed by atoms with Gasteiger partial charge in [0.25, 0.3) is 0 Å². The van der Waals surface area contributed by atoms with Crippen LogP contribution in [-0.2, 0) is 4.79 Å². The third-order valence-electron chi connectivity index (χ3n) is 3.92. The molecule has 0 saturated heterocycles. The molecule has 0 aliphatic heterocycles. The van der Waals surface area contributed by atoms with Gasteiger partial charge in [-0.15, -0.1) is 12.4 Å². The van der Waals surface area contributed by atoms with E-state index < -0.39 is 5.82 Å². The molecule has 4 nitrogen and oxygen atoms in total. The van der Waals surface area contributed by atoms with Gasteiger partial charge in [0.05, 0.1) is 6.54 Å². The molecule has 1 amide bonds. The van der Waals surface area contributed by atoms with Crippen LogP contribution in [0.3, 0.4) is 0 Å². The highest BCUT2D eigenvalue weighted by Crippen LogP contribution is 2.26. The molecule has 0 heterocycles. The first-order valence-corrected chi connectivity index (χ1v) is 7.49. The van der Waals surface area contributed by atoms with Crippen LogP contribution in [0.2, 0.25) is 0 Å². The van der Waals surface area contributed by atoms with Crippen molar-refractivity contribution in [1.29, 1.82) is 0 Å². The van der Waals surface area contributed by atoms with Crippen molar-refractivity contribution in [3.63, 3.8) is 0 Å². The van der Waals surface area contributed by atoms with E-state index >= 15 is 0 Å². The van der Waals surface area contributed by atoms with Crippen molar-refractivity contribution >= 4 is 18.3 Å². The van der Waals surface area contributed by atoms with Crippen LogP contribution in [0, 0.1) is 11.7 Å². The van der Waals surface area contributed by atoms with Crippen LogP contribution in [0.1, 0.15) is 32.6 Å². The summed E-state index contributed by atoms with van der Waals surface area (Å²) < 4.78 is 18.9. The lowest BCUT2D eigenvalue weighted by molar-refractivity contribution is -0.122. The molecule has 0 bridgehead atoms. The number of nitrogens with one attached hydrogen (secondary N) is 1. The Labute approximate surface area is 137 Å². The molecule has 6 heteroatoms. The fourth-order valence-corrected chi connectivity index (χ4v) is 2.69. The highest BCUT2D eigenvalue weighted by Gasteiger charge is 2.26. The first kappa shape index (κ1) is 18.7. The van der Waals surface area contributed by atoms with Gasteiger partial charge in [0.1, 0.15) is 6.10 Å². The zero-order valence-electron chi connectivity index (χ0n) is 12.8.